The molecular weight excluding hydrogens is 438 g/mol. The number of hydrogen-bond acceptors (Lipinski definition) is 6. The lowest BCUT2D eigenvalue weighted by Gasteiger charge is -2.18. The Balaban J connectivity index is 1.59. The zero-order valence-corrected chi connectivity index (χ0v) is 20.5. The van der Waals surface area contributed by atoms with E-state index in [0.29, 0.717) is 22.7 Å². The lowest BCUT2D eigenvalue weighted by Crippen LogP contribution is -2.28. The largest absolute Gasteiger partial charge is 0.383 e. The van der Waals surface area contributed by atoms with E-state index in [1.54, 1.807) is 17.7 Å². The van der Waals surface area contributed by atoms with Crippen LogP contribution < -0.4 is 5.56 Å². The van der Waals surface area contributed by atoms with Crippen LogP contribution in [0.15, 0.2) is 40.3 Å². The van der Waals surface area contributed by atoms with Gasteiger partial charge in [-0.2, -0.15) is 0 Å². The molecule has 2 aromatic heterocycles. The van der Waals surface area contributed by atoms with Crippen LogP contribution >= 0.6 is 11.8 Å². The molecule has 1 aliphatic rings. The van der Waals surface area contributed by atoms with Gasteiger partial charge in [0.1, 0.15) is 0 Å². The number of rotatable bonds is 9. The van der Waals surface area contributed by atoms with Crippen molar-refractivity contribution in [1.82, 2.24) is 14.1 Å². The standard InChI is InChI=1S/C25H31N3O4S/c1-16-12-21(18(3)27(16)13-19-8-7-11-32-19)23(29)15-33-25-26-22-10-6-5-9-20(22)24(30)28(25)17(2)14-31-4/h5-6,9-10,12,17,19H,7-8,11,13-15H2,1-4H3. The average Bonchev–Trinajstić information content (AvgIpc) is 3.41. The van der Waals surface area contributed by atoms with Gasteiger partial charge in [0.2, 0.25) is 0 Å². The molecule has 2 atom stereocenters. The molecule has 4 rings (SSSR count). The highest BCUT2D eigenvalue weighted by Crippen LogP contribution is 2.25. The number of para-hydroxylation sites is 1. The van der Waals surface area contributed by atoms with Gasteiger partial charge in [-0.15, -0.1) is 0 Å². The first-order valence-corrected chi connectivity index (χ1v) is 12.3. The first-order valence-electron chi connectivity index (χ1n) is 11.3. The number of ether oxygens (including phenoxy) is 2. The Morgan fingerprint density at radius 1 is 1.33 bits per heavy atom. The van der Waals surface area contributed by atoms with Gasteiger partial charge in [0.25, 0.3) is 5.56 Å². The van der Waals surface area contributed by atoms with Crippen molar-refractivity contribution in [3.05, 3.63) is 57.6 Å². The van der Waals surface area contributed by atoms with Crippen molar-refractivity contribution >= 4 is 28.4 Å². The molecule has 0 N–H and O–H groups in total. The Kier molecular flexibility index (Phi) is 7.36. The van der Waals surface area contributed by atoms with Crippen molar-refractivity contribution in [2.75, 3.05) is 26.1 Å². The first-order chi connectivity index (χ1) is 15.9. The molecule has 0 spiro atoms. The molecule has 0 bridgehead atoms. The van der Waals surface area contributed by atoms with Crippen molar-refractivity contribution in [3.8, 4) is 0 Å². The fraction of sp³-hybridized carbons (Fsp3) is 0.480. The summed E-state index contributed by atoms with van der Waals surface area (Å²) >= 11 is 1.30. The van der Waals surface area contributed by atoms with E-state index in [4.69, 9.17) is 14.5 Å². The highest BCUT2D eigenvalue weighted by Gasteiger charge is 2.22. The van der Waals surface area contributed by atoms with E-state index in [1.165, 1.54) is 11.8 Å². The Bertz CT molecular complexity index is 1210. The molecule has 0 saturated carbocycles. The molecule has 0 amide bonds. The Morgan fingerprint density at radius 3 is 2.85 bits per heavy atom. The lowest BCUT2D eigenvalue weighted by molar-refractivity contribution is 0.0957. The van der Waals surface area contributed by atoms with Crippen LogP contribution in [0.1, 0.15) is 47.6 Å². The SMILES string of the molecule is COCC(C)n1c(SCC(=O)c2cc(C)n(CC3CCCO3)c2C)nc2ccccc2c1=O. The van der Waals surface area contributed by atoms with E-state index in [1.807, 2.05) is 45.0 Å². The number of methoxy groups -OCH3 is 1. The van der Waals surface area contributed by atoms with Crippen LogP contribution in [0.4, 0.5) is 0 Å². The lowest BCUT2D eigenvalue weighted by atomic mass is 10.2. The van der Waals surface area contributed by atoms with Gasteiger partial charge in [0.05, 0.1) is 35.4 Å². The fourth-order valence-corrected chi connectivity index (χ4v) is 5.48. The van der Waals surface area contributed by atoms with Crippen LogP contribution in [0.2, 0.25) is 0 Å². The van der Waals surface area contributed by atoms with E-state index in [9.17, 15) is 9.59 Å². The number of benzene rings is 1. The molecule has 1 aromatic carbocycles. The number of hydrogen-bond donors (Lipinski definition) is 0. The molecule has 1 aliphatic heterocycles. The van der Waals surface area contributed by atoms with Crippen molar-refractivity contribution < 1.29 is 14.3 Å². The number of Topliss-reactive ketones (excluding diaryl/α,β-unsaturated/α-hetero) is 1. The molecule has 1 saturated heterocycles. The van der Waals surface area contributed by atoms with Crippen LogP contribution in [0.3, 0.4) is 0 Å². The summed E-state index contributed by atoms with van der Waals surface area (Å²) in [7, 11) is 1.61. The zero-order chi connectivity index (χ0) is 23.5. The maximum Gasteiger partial charge on any atom is 0.262 e. The smallest absolute Gasteiger partial charge is 0.262 e. The number of fused-ring (bicyclic) bond motifs is 1. The van der Waals surface area contributed by atoms with E-state index in [2.05, 4.69) is 4.57 Å². The van der Waals surface area contributed by atoms with Gasteiger partial charge in [-0.05, 0) is 51.8 Å². The quantitative estimate of drug-likeness (QED) is 0.266. The van der Waals surface area contributed by atoms with E-state index in [-0.39, 0.29) is 29.2 Å². The molecule has 33 heavy (non-hydrogen) atoms. The van der Waals surface area contributed by atoms with E-state index < -0.39 is 0 Å². The van der Waals surface area contributed by atoms with Gasteiger partial charge >= 0.3 is 0 Å². The van der Waals surface area contributed by atoms with Crippen LogP contribution in [-0.4, -0.2) is 52.1 Å². The zero-order valence-electron chi connectivity index (χ0n) is 19.7. The van der Waals surface area contributed by atoms with Gasteiger partial charge < -0.3 is 14.0 Å². The maximum absolute atomic E-state index is 13.2. The van der Waals surface area contributed by atoms with Crippen molar-refractivity contribution in [1.29, 1.82) is 0 Å². The summed E-state index contributed by atoms with van der Waals surface area (Å²) < 4.78 is 14.9. The number of ketones is 1. The Morgan fingerprint density at radius 2 is 2.12 bits per heavy atom. The molecule has 3 heterocycles. The Labute approximate surface area is 198 Å². The van der Waals surface area contributed by atoms with Crippen LogP contribution in [0.25, 0.3) is 10.9 Å². The van der Waals surface area contributed by atoms with Gasteiger partial charge in [0, 0.05) is 37.2 Å². The summed E-state index contributed by atoms with van der Waals surface area (Å²) in [6, 6.07) is 9.06. The monoisotopic (exact) mass is 469 g/mol. The molecule has 8 heteroatoms. The van der Waals surface area contributed by atoms with Crippen LogP contribution in [0.5, 0.6) is 0 Å². The average molecular weight is 470 g/mol. The number of aromatic nitrogens is 3. The molecule has 176 valence electrons. The highest BCUT2D eigenvalue weighted by molar-refractivity contribution is 7.99. The molecule has 7 nitrogen and oxygen atoms in total. The molecule has 1 fully saturated rings. The predicted octanol–water partition coefficient (Wildman–Crippen LogP) is 4.18. The van der Waals surface area contributed by atoms with E-state index in [0.717, 1.165) is 42.9 Å². The minimum Gasteiger partial charge on any atom is -0.383 e. The molecule has 0 radical (unpaired) electrons. The number of aryl methyl sites for hydroxylation is 1. The van der Waals surface area contributed by atoms with Gasteiger partial charge in [0.15, 0.2) is 10.9 Å². The minimum atomic E-state index is -0.200. The maximum atomic E-state index is 13.2. The number of carbonyl (C=O) groups excluding carboxylic acids is 1. The minimum absolute atomic E-state index is 0.0278. The normalized spacial score (nSPS) is 17.0. The van der Waals surface area contributed by atoms with Crippen LogP contribution in [-0.2, 0) is 16.0 Å². The Hall–Kier alpha value is -2.42. The summed E-state index contributed by atoms with van der Waals surface area (Å²) in [6.07, 6.45) is 2.36. The predicted molar refractivity (Wildman–Crippen MR) is 131 cm³/mol. The van der Waals surface area contributed by atoms with Crippen molar-refractivity contribution in [2.24, 2.45) is 0 Å². The van der Waals surface area contributed by atoms with Crippen molar-refractivity contribution in [2.45, 2.75) is 57.5 Å². The molecule has 3 aromatic rings. The van der Waals surface area contributed by atoms with Gasteiger partial charge in [-0.1, -0.05) is 23.9 Å². The van der Waals surface area contributed by atoms with Crippen molar-refractivity contribution in [3.63, 3.8) is 0 Å². The second-order valence-electron chi connectivity index (χ2n) is 8.63. The molecular formula is C25H31N3O4S. The third kappa shape index (κ3) is 4.93. The van der Waals surface area contributed by atoms with Gasteiger partial charge in [-0.3, -0.25) is 14.2 Å². The topological polar surface area (TPSA) is 75.3 Å². The highest BCUT2D eigenvalue weighted by atomic mass is 32.2. The third-order valence-corrected chi connectivity index (χ3v) is 7.19. The molecule has 2 unspecified atom stereocenters. The summed E-state index contributed by atoms with van der Waals surface area (Å²) in [4.78, 5) is 31.1. The second kappa shape index (κ2) is 10.2. The molecule has 0 aliphatic carbocycles. The number of nitrogens with zero attached hydrogens (tertiary/aromatic N) is 3. The third-order valence-electron chi connectivity index (χ3n) is 6.24. The summed E-state index contributed by atoms with van der Waals surface area (Å²) in [5.41, 5.74) is 3.26. The summed E-state index contributed by atoms with van der Waals surface area (Å²) in [5.74, 6) is 0.231. The van der Waals surface area contributed by atoms with Gasteiger partial charge in [-0.25, -0.2) is 4.98 Å². The van der Waals surface area contributed by atoms with E-state index >= 15 is 0 Å². The number of thioether (sulfide) groups is 1. The second-order valence-corrected chi connectivity index (χ2v) is 9.58. The summed E-state index contributed by atoms with van der Waals surface area (Å²) in [6.45, 7) is 7.91. The first kappa shape index (κ1) is 23.7. The fourth-order valence-electron chi connectivity index (χ4n) is 4.50. The summed E-state index contributed by atoms with van der Waals surface area (Å²) in [5, 5.41) is 1.10. The van der Waals surface area contributed by atoms with Crippen LogP contribution in [0, 0.1) is 13.8 Å². The number of carbonyl (C=O) groups is 1.